The number of nitrogens with zero attached hydrogens (tertiary/aromatic N) is 3. The summed E-state index contributed by atoms with van der Waals surface area (Å²) < 4.78 is 14.4. The number of carbonyl (C=O) groups is 1. The van der Waals surface area contributed by atoms with E-state index in [9.17, 15) is 9.18 Å². The Morgan fingerprint density at radius 3 is 2.80 bits per heavy atom. The largest absolute Gasteiger partial charge is 0.477 e. The van der Waals surface area contributed by atoms with Gasteiger partial charge in [0.1, 0.15) is 5.82 Å². The Morgan fingerprint density at radius 1 is 1.25 bits per heavy atom. The molecule has 1 N–H and O–H groups in total. The first-order chi connectivity index (χ1) is 9.63. The van der Waals surface area contributed by atoms with Gasteiger partial charge in [0.2, 0.25) is 0 Å². The molecule has 3 aromatic rings. The summed E-state index contributed by atoms with van der Waals surface area (Å²) in [6.45, 7) is 0. The van der Waals surface area contributed by atoms with Gasteiger partial charge in [-0.3, -0.25) is 0 Å². The zero-order chi connectivity index (χ0) is 14.1. The van der Waals surface area contributed by atoms with Crippen LogP contribution in [0, 0.1) is 5.82 Å². The molecular formula is C14H10FN3O2. The quantitative estimate of drug-likeness (QED) is 0.792. The van der Waals surface area contributed by atoms with Crippen molar-refractivity contribution in [3.63, 3.8) is 0 Å². The molecule has 2 aromatic heterocycles. The third kappa shape index (κ3) is 2.23. The summed E-state index contributed by atoms with van der Waals surface area (Å²) >= 11 is 0. The second-order valence-corrected chi connectivity index (χ2v) is 4.32. The molecule has 0 aliphatic rings. The molecule has 0 aliphatic carbocycles. The van der Waals surface area contributed by atoms with Crippen molar-refractivity contribution in [2.24, 2.45) is 0 Å². The van der Waals surface area contributed by atoms with Crippen molar-refractivity contribution in [2.45, 2.75) is 6.42 Å². The summed E-state index contributed by atoms with van der Waals surface area (Å²) in [6.07, 6.45) is 0.346. The number of fused-ring (bicyclic) bond motifs is 1. The van der Waals surface area contributed by atoms with Crippen molar-refractivity contribution in [1.82, 2.24) is 14.6 Å². The van der Waals surface area contributed by atoms with Gasteiger partial charge in [0.15, 0.2) is 17.2 Å². The van der Waals surface area contributed by atoms with E-state index < -0.39 is 5.97 Å². The first-order valence-electron chi connectivity index (χ1n) is 5.96. The van der Waals surface area contributed by atoms with Gasteiger partial charge in [0.05, 0.1) is 0 Å². The molecule has 0 saturated heterocycles. The Kier molecular flexibility index (Phi) is 2.90. The minimum absolute atomic E-state index is 0.0421. The smallest absolute Gasteiger partial charge is 0.354 e. The number of carboxylic acid groups (broad SMARTS) is 1. The number of benzene rings is 1. The second-order valence-electron chi connectivity index (χ2n) is 4.32. The Labute approximate surface area is 113 Å². The van der Waals surface area contributed by atoms with Crippen LogP contribution in [0.5, 0.6) is 0 Å². The molecule has 0 spiro atoms. The van der Waals surface area contributed by atoms with E-state index >= 15 is 0 Å². The molecule has 0 fully saturated rings. The molecule has 2 heterocycles. The van der Waals surface area contributed by atoms with Gasteiger partial charge in [0.25, 0.3) is 0 Å². The van der Waals surface area contributed by atoms with Crippen LogP contribution in [0.2, 0.25) is 0 Å². The van der Waals surface area contributed by atoms with E-state index in [1.54, 1.807) is 24.3 Å². The molecule has 6 heteroatoms. The normalized spacial score (nSPS) is 10.8. The van der Waals surface area contributed by atoms with Crippen molar-refractivity contribution < 1.29 is 14.3 Å². The number of aromatic carboxylic acids is 1. The lowest BCUT2D eigenvalue weighted by atomic mass is 10.1. The SMILES string of the molecule is O=C(O)c1cccc2nc(Cc3cccc(F)c3)nn12. The molecule has 0 aliphatic heterocycles. The van der Waals surface area contributed by atoms with Crippen molar-refractivity contribution in [1.29, 1.82) is 0 Å². The van der Waals surface area contributed by atoms with E-state index in [1.165, 1.54) is 22.7 Å². The van der Waals surface area contributed by atoms with Crippen LogP contribution in [0.15, 0.2) is 42.5 Å². The van der Waals surface area contributed by atoms with Crippen LogP contribution in [0.1, 0.15) is 21.9 Å². The molecule has 0 unspecified atom stereocenters. The first-order valence-corrected chi connectivity index (χ1v) is 5.96. The number of pyridine rings is 1. The van der Waals surface area contributed by atoms with Gasteiger partial charge in [-0.25, -0.2) is 18.7 Å². The molecule has 0 saturated carbocycles. The summed E-state index contributed by atoms with van der Waals surface area (Å²) in [6, 6.07) is 10.9. The maximum Gasteiger partial charge on any atom is 0.354 e. The van der Waals surface area contributed by atoms with Crippen molar-refractivity contribution >= 4 is 11.6 Å². The molecule has 100 valence electrons. The Morgan fingerprint density at radius 2 is 2.05 bits per heavy atom. The predicted octanol–water partition coefficient (Wildman–Crippen LogP) is 2.16. The maximum atomic E-state index is 13.1. The third-order valence-corrected chi connectivity index (χ3v) is 2.87. The van der Waals surface area contributed by atoms with Crippen LogP contribution >= 0.6 is 0 Å². The van der Waals surface area contributed by atoms with Gasteiger partial charge in [-0.2, -0.15) is 5.10 Å². The number of hydrogen-bond donors (Lipinski definition) is 1. The molecule has 20 heavy (non-hydrogen) atoms. The Balaban J connectivity index is 2.01. The van der Waals surface area contributed by atoms with Crippen LogP contribution < -0.4 is 0 Å². The minimum Gasteiger partial charge on any atom is -0.477 e. The van der Waals surface area contributed by atoms with Crippen molar-refractivity contribution in [3.8, 4) is 0 Å². The first kappa shape index (κ1) is 12.3. The molecule has 5 nitrogen and oxygen atoms in total. The fraction of sp³-hybridized carbons (Fsp3) is 0.0714. The third-order valence-electron chi connectivity index (χ3n) is 2.87. The summed E-state index contributed by atoms with van der Waals surface area (Å²) in [5, 5.41) is 13.2. The molecule has 0 radical (unpaired) electrons. The lowest BCUT2D eigenvalue weighted by Gasteiger charge is -1.97. The van der Waals surface area contributed by atoms with Gasteiger partial charge in [-0.1, -0.05) is 18.2 Å². The van der Waals surface area contributed by atoms with Crippen LogP contribution in [0.3, 0.4) is 0 Å². The molecular weight excluding hydrogens is 261 g/mol. The fourth-order valence-electron chi connectivity index (χ4n) is 2.02. The minimum atomic E-state index is -1.07. The summed E-state index contributed by atoms with van der Waals surface area (Å²) in [4.78, 5) is 15.3. The monoisotopic (exact) mass is 271 g/mol. The maximum absolute atomic E-state index is 13.1. The van der Waals surface area contributed by atoms with Crippen LogP contribution in [0.4, 0.5) is 4.39 Å². The van der Waals surface area contributed by atoms with Crippen LogP contribution in [-0.2, 0) is 6.42 Å². The molecule has 0 bridgehead atoms. The van der Waals surface area contributed by atoms with E-state index in [2.05, 4.69) is 10.1 Å². The van der Waals surface area contributed by atoms with Gasteiger partial charge in [-0.15, -0.1) is 0 Å². The molecule has 3 rings (SSSR count). The Hall–Kier alpha value is -2.76. The van der Waals surface area contributed by atoms with Gasteiger partial charge in [0, 0.05) is 6.42 Å². The summed E-state index contributed by atoms with van der Waals surface area (Å²) in [5.74, 6) is -0.945. The average molecular weight is 271 g/mol. The van der Waals surface area contributed by atoms with Crippen LogP contribution in [0.25, 0.3) is 5.65 Å². The van der Waals surface area contributed by atoms with E-state index in [0.717, 1.165) is 5.56 Å². The fourth-order valence-corrected chi connectivity index (χ4v) is 2.02. The number of aromatic nitrogens is 3. The van der Waals surface area contributed by atoms with E-state index in [4.69, 9.17) is 5.11 Å². The molecule has 0 atom stereocenters. The average Bonchev–Trinajstić information content (AvgIpc) is 2.80. The van der Waals surface area contributed by atoms with Gasteiger partial charge in [-0.05, 0) is 29.8 Å². The lowest BCUT2D eigenvalue weighted by molar-refractivity contribution is 0.0687. The van der Waals surface area contributed by atoms with E-state index in [0.29, 0.717) is 17.9 Å². The standard InChI is InChI=1S/C14H10FN3O2/c15-10-4-1-3-9(7-10)8-12-16-13-6-2-5-11(14(19)20)18(13)17-12/h1-7H,8H2,(H,19,20). The second kappa shape index (κ2) is 4.73. The van der Waals surface area contributed by atoms with E-state index in [-0.39, 0.29) is 11.5 Å². The van der Waals surface area contributed by atoms with Gasteiger partial charge >= 0.3 is 5.97 Å². The topological polar surface area (TPSA) is 67.5 Å². The number of carboxylic acids is 1. The molecule has 0 amide bonds. The zero-order valence-corrected chi connectivity index (χ0v) is 10.3. The number of halogens is 1. The Bertz CT molecular complexity index is 798. The summed E-state index contributed by atoms with van der Waals surface area (Å²) in [7, 11) is 0. The zero-order valence-electron chi connectivity index (χ0n) is 10.3. The highest BCUT2D eigenvalue weighted by Crippen LogP contribution is 2.11. The van der Waals surface area contributed by atoms with Crippen LogP contribution in [-0.4, -0.2) is 25.7 Å². The highest BCUT2D eigenvalue weighted by molar-refractivity contribution is 5.86. The van der Waals surface area contributed by atoms with Gasteiger partial charge < -0.3 is 5.11 Å². The molecule has 1 aromatic carbocycles. The predicted molar refractivity (Wildman–Crippen MR) is 69.2 cm³/mol. The highest BCUT2D eigenvalue weighted by atomic mass is 19.1. The van der Waals surface area contributed by atoms with Crippen molar-refractivity contribution in [3.05, 3.63) is 65.4 Å². The summed E-state index contributed by atoms with van der Waals surface area (Å²) in [5.41, 5.74) is 1.23. The lowest BCUT2D eigenvalue weighted by Crippen LogP contribution is -2.05. The number of hydrogen-bond acceptors (Lipinski definition) is 3. The number of rotatable bonds is 3. The highest BCUT2D eigenvalue weighted by Gasteiger charge is 2.12. The van der Waals surface area contributed by atoms with Crippen molar-refractivity contribution in [2.75, 3.05) is 0 Å². The van der Waals surface area contributed by atoms with E-state index in [1.807, 2.05) is 0 Å².